The van der Waals surface area contributed by atoms with Gasteiger partial charge in [0.15, 0.2) is 0 Å². The lowest BCUT2D eigenvalue weighted by Gasteiger charge is -2.09. The molecule has 4 rings (SSSR count). The third-order valence-electron chi connectivity index (χ3n) is 4.45. The van der Waals surface area contributed by atoms with Crippen LogP contribution in [0.5, 0.6) is 0 Å². The number of oxime groups is 1. The Morgan fingerprint density at radius 2 is 1.72 bits per heavy atom. The van der Waals surface area contributed by atoms with Crippen molar-refractivity contribution >= 4 is 39.7 Å². The zero-order valence-corrected chi connectivity index (χ0v) is 16.6. The first kappa shape index (κ1) is 18.9. The molecule has 1 N–H and O–H groups in total. The SMILES string of the molecule is C/C(=N\OCc1ccc(Cl)cc1)c1ccc(Nc2ncnc3ccccc23)cc1. The number of para-hydroxylation sites is 1. The van der Waals surface area contributed by atoms with Crippen molar-refractivity contribution in [2.24, 2.45) is 5.16 Å². The van der Waals surface area contributed by atoms with Crippen molar-refractivity contribution < 1.29 is 4.84 Å². The molecule has 4 aromatic rings. The minimum absolute atomic E-state index is 0.398. The number of nitrogens with zero attached hydrogens (tertiary/aromatic N) is 3. The van der Waals surface area contributed by atoms with E-state index in [9.17, 15) is 0 Å². The van der Waals surface area contributed by atoms with Crippen molar-refractivity contribution in [1.29, 1.82) is 0 Å². The lowest BCUT2D eigenvalue weighted by atomic mass is 10.1. The highest BCUT2D eigenvalue weighted by Crippen LogP contribution is 2.23. The fraction of sp³-hybridized carbons (Fsp3) is 0.0870. The predicted octanol–water partition coefficient (Wildman–Crippen LogP) is 5.97. The van der Waals surface area contributed by atoms with Crippen molar-refractivity contribution in [2.45, 2.75) is 13.5 Å². The third-order valence-corrected chi connectivity index (χ3v) is 4.71. The van der Waals surface area contributed by atoms with Gasteiger partial charge in [0.2, 0.25) is 0 Å². The summed E-state index contributed by atoms with van der Waals surface area (Å²) >= 11 is 5.89. The van der Waals surface area contributed by atoms with Crippen LogP contribution in [0, 0.1) is 0 Å². The lowest BCUT2D eigenvalue weighted by molar-refractivity contribution is 0.130. The van der Waals surface area contributed by atoms with Crippen molar-refractivity contribution in [1.82, 2.24) is 9.97 Å². The molecule has 0 unspecified atom stereocenters. The standard InChI is InChI=1S/C23H19ClN4O/c1-16(28-29-14-17-6-10-19(24)11-7-17)18-8-12-20(13-9-18)27-23-21-4-2-3-5-22(21)25-15-26-23/h2-13,15H,14H2,1H3,(H,25,26,27)/b28-16+. The topological polar surface area (TPSA) is 59.4 Å². The molecule has 0 amide bonds. The van der Waals surface area contributed by atoms with Gasteiger partial charge in [0.25, 0.3) is 0 Å². The largest absolute Gasteiger partial charge is 0.391 e. The van der Waals surface area contributed by atoms with Crippen LogP contribution in [0.3, 0.4) is 0 Å². The maximum atomic E-state index is 5.89. The summed E-state index contributed by atoms with van der Waals surface area (Å²) in [4.78, 5) is 14.1. The Morgan fingerprint density at radius 3 is 2.52 bits per heavy atom. The molecule has 144 valence electrons. The number of benzene rings is 3. The van der Waals surface area contributed by atoms with Gasteiger partial charge in [-0.05, 0) is 54.4 Å². The summed E-state index contributed by atoms with van der Waals surface area (Å²) in [5.41, 5.74) is 4.65. The van der Waals surface area contributed by atoms with Crippen LogP contribution in [0.2, 0.25) is 5.02 Å². The number of fused-ring (bicyclic) bond motifs is 1. The number of aromatic nitrogens is 2. The zero-order valence-electron chi connectivity index (χ0n) is 15.8. The molecule has 3 aromatic carbocycles. The van der Waals surface area contributed by atoms with E-state index in [0.29, 0.717) is 11.6 Å². The van der Waals surface area contributed by atoms with Gasteiger partial charge in [-0.15, -0.1) is 0 Å². The van der Waals surface area contributed by atoms with Gasteiger partial charge in [-0.3, -0.25) is 0 Å². The average molecular weight is 403 g/mol. The maximum absolute atomic E-state index is 5.89. The molecule has 6 heteroatoms. The van der Waals surface area contributed by atoms with Gasteiger partial charge in [-0.25, -0.2) is 9.97 Å². The Balaban J connectivity index is 1.42. The van der Waals surface area contributed by atoms with Gasteiger partial charge < -0.3 is 10.2 Å². The first-order valence-electron chi connectivity index (χ1n) is 9.17. The summed E-state index contributed by atoms with van der Waals surface area (Å²) in [6.07, 6.45) is 1.56. The Hall–Kier alpha value is -3.44. The second kappa shape index (κ2) is 8.71. The summed E-state index contributed by atoms with van der Waals surface area (Å²) in [6.45, 7) is 2.32. The molecule has 1 aromatic heterocycles. The molecule has 0 aliphatic carbocycles. The number of hydrogen-bond donors (Lipinski definition) is 1. The normalized spacial score (nSPS) is 11.4. The summed E-state index contributed by atoms with van der Waals surface area (Å²) in [6, 6.07) is 23.4. The van der Waals surface area contributed by atoms with E-state index in [4.69, 9.17) is 16.4 Å². The molecular formula is C23H19ClN4O. The van der Waals surface area contributed by atoms with Crippen LogP contribution < -0.4 is 5.32 Å². The van der Waals surface area contributed by atoms with Gasteiger partial charge in [0, 0.05) is 16.1 Å². The molecule has 0 aliphatic heterocycles. The second-order valence-electron chi connectivity index (χ2n) is 6.52. The molecule has 1 heterocycles. The maximum Gasteiger partial charge on any atom is 0.142 e. The van der Waals surface area contributed by atoms with E-state index in [1.165, 1.54) is 0 Å². The third kappa shape index (κ3) is 4.70. The van der Waals surface area contributed by atoms with Gasteiger partial charge >= 0.3 is 0 Å². The van der Waals surface area contributed by atoms with Gasteiger partial charge in [-0.1, -0.05) is 53.2 Å². The molecule has 0 saturated heterocycles. The Bertz CT molecular complexity index is 1140. The molecule has 0 saturated carbocycles. The summed E-state index contributed by atoms with van der Waals surface area (Å²) < 4.78 is 0. The minimum atomic E-state index is 0.398. The molecule has 5 nitrogen and oxygen atoms in total. The second-order valence-corrected chi connectivity index (χ2v) is 6.95. The highest BCUT2D eigenvalue weighted by Gasteiger charge is 2.04. The van der Waals surface area contributed by atoms with Crippen LogP contribution in [0.25, 0.3) is 10.9 Å². The van der Waals surface area contributed by atoms with Crippen molar-refractivity contribution in [3.63, 3.8) is 0 Å². The lowest BCUT2D eigenvalue weighted by Crippen LogP contribution is -1.99. The van der Waals surface area contributed by atoms with Crippen LogP contribution in [0.15, 0.2) is 84.3 Å². The fourth-order valence-corrected chi connectivity index (χ4v) is 3.00. The molecule has 0 bridgehead atoms. The number of halogens is 1. The molecule has 0 fully saturated rings. The van der Waals surface area contributed by atoms with E-state index in [2.05, 4.69) is 20.4 Å². The van der Waals surface area contributed by atoms with Crippen molar-refractivity contribution in [3.05, 3.63) is 95.3 Å². The van der Waals surface area contributed by atoms with Gasteiger partial charge in [0.05, 0.1) is 11.2 Å². The van der Waals surface area contributed by atoms with E-state index in [1.807, 2.05) is 79.7 Å². The first-order valence-corrected chi connectivity index (χ1v) is 9.55. The summed E-state index contributed by atoms with van der Waals surface area (Å²) in [5.74, 6) is 0.778. The van der Waals surface area contributed by atoms with Gasteiger partial charge in [-0.2, -0.15) is 0 Å². The van der Waals surface area contributed by atoms with Gasteiger partial charge in [0.1, 0.15) is 18.8 Å². The molecule has 0 aliphatic rings. The van der Waals surface area contributed by atoms with E-state index < -0.39 is 0 Å². The fourth-order valence-electron chi connectivity index (χ4n) is 2.87. The van der Waals surface area contributed by atoms with Crippen molar-refractivity contribution in [2.75, 3.05) is 5.32 Å². The first-order chi connectivity index (χ1) is 14.2. The van der Waals surface area contributed by atoms with Crippen molar-refractivity contribution in [3.8, 4) is 0 Å². The number of hydrogen-bond acceptors (Lipinski definition) is 5. The molecule has 0 atom stereocenters. The van der Waals surface area contributed by atoms with Crippen LogP contribution in [-0.2, 0) is 11.4 Å². The van der Waals surface area contributed by atoms with E-state index in [-0.39, 0.29) is 0 Å². The minimum Gasteiger partial charge on any atom is -0.391 e. The highest BCUT2D eigenvalue weighted by molar-refractivity contribution is 6.30. The smallest absolute Gasteiger partial charge is 0.142 e. The van der Waals surface area contributed by atoms with E-state index in [0.717, 1.165) is 39.2 Å². The number of anilines is 2. The number of nitrogens with one attached hydrogen (secondary N) is 1. The van der Waals surface area contributed by atoms with Crippen LogP contribution in [0.1, 0.15) is 18.1 Å². The quantitative estimate of drug-likeness (QED) is 0.319. The summed E-state index contributed by atoms with van der Waals surface area (Å²) in [5, 5.41) is 9.24. The molecule has 29 heavy (non-hydrogen) atoms. The van der Waals surface area contributed by atoms with E-state index in [1.54, 1.807) is 6.33 Å². The highest BCUT2D eigenvalue weighted by atomic mass is 35.5. The monoisotopic (exact) mass is 402 g/mol. The Morgan fingerprint density at radius 1 is 0.966 bits per heavy atom. The Kier molecular flexibility index (Phi) is 5.68. The summed E-state index contributed by atoms with van der Waals surface area (Å²) in [7, 11) is 0. The predicted molar refractivity (Wildman–Crippen MR) is 118 cm³/mol. The zero-order chi connectivity index (χ0) is 20.1. The Labute approximate surface area is 174 Å². The van der Waals surface area contributed by atoms with Crippen LogP contribution in [-0.4, -0.2) is 15.7 Å². The number of rotatable bonds is 6. The molecule has 0 spiro atoms. The molecule has 0 radical (unpaired) electrons. The van der Waals surface area contributed by atoms with Crippen LogP contribution >= 0.6 is 11.6 Å². The molecular weight excluding hydrogens is 384 g/mol. The van der Waals surface area contributed by atoms with Crippen LogP contribution in [0.4, 0.5) is 11.5 Å². The van der Waals surface area contributed by atoms with E-state index >= 15 is 0 Å². The average Bonchev–Trinajstić information content (AvgIpc) is 2.76.